The lowest BCUT2D eigenvalue weighted by atomic mass is 10.1. The lowest BCUT2D eigenvalue weighted by Crippen LogP contribution is -2.55. The molecule has 2 atom stereocenters. The van der Waals surface area contributed by atoms with Crippen LogP contribution in [0.3, 0.4) is 0 Å². The molecule has 2 aromatic carbocycles. The monoisotopic (exact) mass is 429 g/mol. The van der Waals surface area contributed by atoms with Gasteiger partial charge in [0, 0.05) is 38.8 Å². The molecule has 2 fully saturated rings. The van der Waals surface area contributed by atoms with Crippen molar-refractivity contribution in [3.63, 3.8) is 0 Å². The molecule has 0 spiro atoms. The third kappa shape index (κ3) is 5.68. The van der Waals surface area contributed by atoms with Crippen LogP contribution in [0.4, 0.5) is 0 Å². The lowest BCUT2D eigenvalue weighted by Gasteiger charge is -2.39. The van der Waals surface area contributed by atoms with Gasteiger partial charge >= 0.3 is 0 Å². The smallest absolute Gasteiger partial charge is 0.213 e. The van der Waals surface area contributed by atoms with E-state index in [2.05, 4.69) is 45.7 Å². The summed E-state index contributed by atoms with van der Waals surface area (Å²) in [5.74, 6) is 0.157. The van der Waals surface area contributed by atoms with Crippen molar-refractivity contribution in [3.05, 3.63) is 71.3 Å². The number of ether oxygens (including phenoxy) is 1. The van der Waals surface area contributed by atoms with Gasteiger partial charge in [-0.25, -0.2) is 13.1 Å². The Morgan fingerprint density at radius 3 is 2.47 bits per heavy atom. The summed E-state index contributed by atoms with van der Waals surface area (Å²) in [6.07, 6.45) is 0. The van der Waals surface area contributed by atoms with Gasteiger partial charge in [-0.3, -0.25) is 9.80 Å². The largest absolute Gasteiger partial charge is 0.375 e. The second-order valence-electron chi connectivity index (χ2n) is 8.38. The number of aryl methyl sites for hydroxylation is 1. The van der Waals surface area contributed by atoms with E-state index in [0.29, 0.717) is 13.2 Å². The van der Waals surface area contributed by atoms with Crippen molar-refractivity contribution < 1.29 is 13.2 Å². The van der Waals surface area contributed by atoms with Gasteiger partial charge in [-0.15, -0.1) is 0 Å². The first-order chi connectivity index (χ1) is 14.5. The summed E-state index contributed by atoms with van der Waals surface area (Å²) >= 11 is 0. The summed E-state index contributed by atoms with van der Waals surface area (Å²) in [6, 6.07) is 18.4. The number of nitrogens with zero attached hydrogens (tertiary/aromatic N) is 2. The molecule has 0 aromatic heterocycles. The Hall–Kier alpha value is -1.77. The van der Waals surface area contributed by atoms with Crippen molar-refractivity contribution in [2.45, 2.75) is 32.2 Å². The Bertz CT molecular complexity index is 928. The average molecular weight is 430 g/mol. The Kier molecular flexibility index (Phi) is 6.85. The highest BCUT2D eigenvalue weighted by Crippen LogP contribution is 2.20. The van der Waals surface area contributed by atoms with Gasteiger partial charge in [0.25, 0.3) is 0 Å². The number of sulfonamides is 1. The minimum absolute atomic E-state index is 0.0353. The molecule has 30 heavy (non-hydrogen) atoms. The zero-order valence-corrected chi connectivity index (χ0v) is 18.4. The highest BCUT2D eigenvalue weighted by atomic mass is 32.2. The van der Waals surface area contributed by atoms with Gasteiger partial charge < -0.3 is 4.74 Å². The van der Waals surface area contributed by atoms with E-state index in [1.807, 2.05) is 30.3 Å². The highest BCUT2D eigenvalue weighted by Gasteiger charge is 2.41. The first kappa shape index (κ1) is 21.5. The fourth-order valence-electron chi connectivity index (χ4n) is 4.40. The van der Waals surface area contributed by atoms with Crippen molar-refractivity contribution in [2.75, 3.05) is 38.5 Å². The molecular formula is C23H31N3O3S. The van der Waals surface area contributed by atoms with E-state index in [-0.39, 0.29) is 17.8 Å². The molecule has 2 saturated heterocycles. The maximum Gasteiger partial charge on any atom is 0.213 e. The molecule has 0 unspecified atom stereocenters. The topological polar surface area (TPSA) is 61.9 Å². The predicted octanol–water partition coefficient (Wildman–Crippen LogP) is 2.00. The Labute approximate surface area is 179 Å². The van der Waals surface area contributed by atoms with Crippen molar-refractivity contribution in [1.29, 1.82) is 0 Å². The molecule has 0 saturated carbocycles. The zero-order chi connectivity index (χ0) is 21.0. The Morgan fingerprint density at radius 1 is 1.00 bits per heavy atom. The zero-order valence-electron chi connectivity index (χ0n) is 17.5. The molecule has 7 heteroatoms. The standard InChI is InChI=1S/C23H31N3O3S/c1-19-6-5-9-21(14-19)15-25-10-12-26(13-11-25)23-18-30(27,28)24-22(23)17-29-16-20-7-3-2-4-8-20/h2-9,14,22-24H,10-13,15-18H2,1H3/t22-,23+/m1/s1. The third-order valence-electron chi connectivity index (χ3n) is 5.96. The SMILES string of the molecule is Cc1cccc(CN2CCN([C@H]3CS(=O)(=O)N[C@@H]3COCc3ccccc3)CC2)c1. The molecule has 4 rings (SSSR count). The first-order valence-electron chi connectivity index (χ1n) is 10.6. The van der Waals surface area contributed by atoms with Gasteiger partial charge in [0.15, 0.2) is 0 Å². The van der Waals surface area contributed by atoms with Gasteiger partial charge in [-0.2, -0.15) is 0 Å². The first-order valence-corrected chi connectivity index (χ1v) is 12.3. The maximum absolute atomic E-state index is 12.3. The summed E-state index contributed by atoms with van der Waals surface area (Å²) in [7, 11) is -3.24. The van der Waals surface area contributed by atoms with Crippen LogP contribution in [0.2, 0.25) is 0 Å². The molecule has 2 aromatic rings. The van der Waals surface area contributed by atoms with Crippen LogP contribution in [0, 0.1) is 6.92 Å². The summed E-state index contributed by atoms with van der Waals surface area (Å²) in [6.45, 7) is 7.60. The molecule has 6 nitrogen and oxygen atoms in total. The van der Waals surface area contributed by atoms with Crippen LogP contribution < -0.4 is 4.72 Å². The molecule has 0 bridgehead atoms. The van der Waals surface area contributed by atoms with Crippen molar-refractivity contribution in [2.24, 2.45) is 0 Å². The summed E-state index contributed by atoms with van der Waals surface area (Å²) in [5.41, 5.74) is 3.71. The minimum atomic E-state index is -3.24. The van der Waals surface area contributed by atoms with Gasteiger partial charge in [-0.05, 0) is 18.1 Å². The van der Waals surface area contributed by atoms with E-state index < -0.39 is 10.0 Å². The predicted molar refractivity (Wildman–Crippen MR) is 119 cm³/mol. The van der Waals surface area contributed by atoms with Crippen LogP contribution in [-0.4, -0.2) is 68.8 Å². The van der Waals surface area contributed by atoms with Crippen molar-refractivity contribution >= 4 is 10.0 Å². The third-order valence-corrected chi connectivity index (χ3v) is 7.40. The molecule has 1 N–H and O–H groups in total. The van der Waals surface area contributed by atoms with Crippen LogP contribution >= 0.6 is 0 Å². The van der Waals surface area contributed by atoms with E-state index in [0.717, 1.165) is 38.3 Å². The lowest BCUT2D eigenvalue weighted by molar-refractivity contribution is 0.0522. The van der Waals surface area contributed by atoms with Gasteiger partial charge in [0.1, 0.15) is 0 Å². The molecule has 0 aliphatic carbocycles. The van der Waals surface area contributed by atoms with Crippen LogP contribution in [0.1, 0.15) is 16.7 Å². The maximum atomic E-state index is 12.3. The quantitative estimate of drug-likeness (QED) is 0.730. The van der Waals surface area contributed by atoms with Gasteiger partial charge in [0.05, 0.1) is 25.0 Å². The van der Waals surface area contributed by atoms with Crippen molar-refractivity contribution in [1.82, 2.24) is 14.5 Å². The van der Waals surface area contributed by atoms with Crippen LogP contribution in [0.25, 0.3) is 0 Å². The summed E-state index contributed by atoms with van der Waals surface area (Å²) < 4.78 is 33.2. The summed E-state index contributed by atoms with van der Waals surface area (Å²) in [5, 5.41) is 0. The average Bonchev–Trinajstić information content (AvgIpc) is 3.04. The molecule has 0 radical (unpaired) electrons. The fourth-order valence-corrected chi connectivity index (χ4v) is 6.08. The molecule has 162 valence electrons. The van der Waals surface area contributed by atoms with Crippen LogP contribution in [0.5, 0.6) is 0 Å². The van der Waals surface area contributed by atoms with E-state index >= 15 is 0 Å². The number of nitrogens with one attached hydrogen (secondary N) is 1. The molecular weight excluding hydrogens is 398 g/mol. The molecule has 0 amide bonds. The number of piperazine rings is 1. The highest BCUT2D eigenvalue weighted by molar-refractivity contribution is 7.89. The van der Waals surface area contributed by atoms with Gasteiger partial charge in [0.2, 0.25) is 10.0 Å². The fraction of sp³-hybridized carbons (Fsp3) is 0.478. The molecule has 2 aliphatic rings. The number of hydrogen-bond acceptors (Lipinski definition) is 5. The normalized spacial score (nSPS) is 24.8. The van der Waals surface area contributed by atoms with Crippen molar-refractivity contribution in [3.8, 4) is 0 Å². The van der Waals surface area contributed by atoms with Crippen LogP contribution in [0.15, 0.2) is 54.6 Å². The molecule has 2 aliphatic heterocycles. The Morgan fingerprint density at radius 2 is 1.73 bits per heavy atom. The number of rotatable bonds is 7. The number of hydrogen-bond donors (Lipinski definition) is 1. The Balaban J connectivity index is 1.30. The van der Waals surface area contributed by atoms with Crippen LogP contribution in [-0.2, 0) is 27.9 Å². The minimum Gasteiger partial charge on any atom is -0.375 e. The van der Waals surface area contributed by atoms with E-state index in [1.54, 1.807) is 0 Å². The van der Waals surface area contributed by atoms with Gasteiger partial charge in [-0.1, -0.05) is 60.2 Å². The van der Waals surface area contributed by atoms with E-state index in [1.165, 1.54) is 11.1 Å². The van der Waals surface area contributed by atoms with E-state index in [4.69, 9.17) is 4.74 Å². The van der Waals surface area contributed by atoms with E-state index in [9.17, 15) is 8.42 Å². The summed E-state index contributed by atoms with van der Waals surface area (Å²) in [4.78, 5) is 4.77. The second kappa shape index (κ2) is 9.58. The number of benzene rings is 2. The second-order valence-corrected chi connectivity index (χ2v) is 10.2. The molecule has 2 heterocycles.